The van der Waals surface area contributed by atoms with E-state index in [-0.39, 0.29) is 11.7 Å². The Bertz CT molecular complexity index is 763. The van der Waals surface area contributed by atoms with Crippen molar-refractivity contribution >= 4 is 17.5 Å². The molecule has 2 aromatic rings. The van der Waals surface area contributed by atoms with Crippen LogP contribution < -0.4 is 10.4 Å². The van der Waals surface area contributed by atoms with Crippen LogP contribution in [0.15, 0.2) is 54.6 Å². The van der Waals surface area contributed by atoms with Gasteiger partial charge in [0.25, 0.3) is 5.91 Å². The summed E-state index contributed by atoms with van der Waals surface area (Å²) in [6.45, 7) is 0. The molecule has 0 saturated carbocycles. The molecule has 4 rings (SSSR count). The van der Waals surface area contributed by atoms with Crippen LogP contribution in [0.5, 0.6) is 0 Å². The van der Waals surface area contributed by atoms with Crippen molar-refractivity contribution in [3.63, 3.8) is 0 Å². The van der Waals surface area contributed by atoms with Gasteiger partial charge in [0.2, 0.25) is 5.91 Å². The molecule has 2 fully saturated rings. The summed E-state index contributed by atoms with van der Waals surface area (Å²) in [7, 11) is 0. The zero-order chi connectivity index (χ0) is 16.0. The fraction of sp³-hybridized carbons (Fsp3) is 0.176. The van der Waals surface area contributed by atoms with Crippen molar-refractivity contribution in [2.45, 2.75) is 12.1 Å². The molecule has 0 aliphatic carbocycles. The molecule has 6 heteroatoms. The van der Waals surface area contributed by atoms with E-state index < -0.39 is 24.0 Å². The van der Waals surface area contributed by atoms with Crippen LogP contribution in [-0.2, 0) is 14.4 Å². The van der Waals surface area contributed by atoms with E-state index in [0.717, 1.165) is 5.69 Å². The van der Waals surface area contributed by atoms with Crippen molar-refractivity contribution in [1.82, 2.24) is 5.32 Å². The van der Waals surface area contributed by atoms with E-state index in [1.807, 2.05) is 30.3 Å². The molecule has 3 atom stereocenters. The summed E-state index contributed by atoms with van der Waals surface area (Å²) >= 11 is 0. The molecule has 2 amide bonds. The predicted molar refractivity (Wildman–Crippen MR) is 79.6 cm³/mol. The molecule has 23 heavy (non-hydrogen) atoms. The zero-order valence-electron chi connectivity index (χ0n) is 12.0. The maximum absolute atomic E-state index is 13.2. The van der Waals surface area contributed by atoms with Crippen molar-refractivity contribution in [2.24, 2.45) is 5.92 Å². The lowest BCUT2D eigenvalue weighted by Crippen LogP contribution is -2.33. The number of imide groups is 1. The number of hydrogen-bond donors (Lipinski definition) is 1. The maximum Gasteiger partial charge on any atom is 0.259 e. The third kappa shape index (κ3) is 2.19. The highest BCUT2D eigenvalue weighted by atomic mass is 19.1. The number of para-hydroxylation sites is 1. The van der Waals surface area contributed by atoms with Gasteiger partial charge in [0, 0.05) is 0 Å². The molecule has 2 heterocycles. The van der Waals surface area contributed by atoms with Gasteiger partial charge in [-0.3, -0.25) is 19.7 Å². The van der Waals surface area contributed by atoms with Gasteiger partial charge in [-0.15, -0.1) is 0 Å². The maximum atomic E-state index is 13.2. The first-order chi connectivity index (χ1) is 11.1. The molecular weight excluding hydrogens is 299 g/mol. The summed E-state index contributed by atoms with van der Waals surface area (Å²) in [6, 6.07) is 14.6. The number of anilines is 1. The summed E-state index contributed by atoms with van der Waals surface area (Å²) < 4.78 is 13.2. The first-order valence-electron chi connectivity index (χ1n) is 7.26. The lowest BCUT2D eigenvalue weighted by Gasteiger charge is -2.27. The lowest BCUT2D eigenvalue weighted by atomic mass is 9.90. The third-order valence-electron chi connectivity index (χ3n) is 4.18. The van der Waals surface area contributed by atoms with Crippen LogP contribution in [0, 0.1) is 11.7 Å². The molecule has 2 aliphatic rings. The monoisotopic (exact) mass is 312 g/mol. The van der Waals surface area contributed by atoms with Crippen molar-refractivity contribution in [1.29, 1.82) is 0 Å². The van der Waals surface area contributed by atoms with Gasteiger partial charge in [-0.2, -0.15) is 0 Å². The van der Waals surface area contributed by atoms with Crippen LogP contribution in [0.3, 0.4) is 0 Å². The van der Waals surface area contributed by atoms with Gasteiger partial charge in [0.1, 0.15) is 11.7 Å². The van der Waals surface area contributed by atoms with Crippen molar-refractivity contribution in [2.75, 3.05) is 5.06 Å². The van der Waals surface area contributed by atoms with Crippen LogP contribution in [-0.4, -0.2) is 17.9 Å². The number of fused-ring (bicyclic) bond motifs is 1. The largest absolute Gasteiger partial charge is 0.294 e. The number of hydrogen-bond acceptors (Lipinski definition) is 4. The highest BCUT2D eigenvalue weighted by Gasteiger charge is 2.56. The van der Waals surface area contributed by atoms with E-state index in [1.165, 1.54) is 12.1 Å². The average molecular weight is 312 g/mol. The van der Waals surface area contributed by atoms with Crippen LogP contribution in [0.25, 0.3) is 0 Å². The number of benzene rings is 2. The summed E-state index contributed by atoms with van der Waals surface area (Å²) in [5.74, 6) is -1.83. The van der Waals surface area contributed by atoms with Crippen LogP contribution in [0.2, 0.25) is 0 Å². The van der Waals surface area contributed by atoms with E-state index in [2.05, 4.69) is 5.32 Å². The summed E-state index contributed by atoms with van der Waals surface area (Å²) in [6.07, 6.45) is -0.863. The Morgan fingerprint density at radius 1 is 0.957 bits per heavy atom. The first-order valence-corrected chi connectivity index (χ1v) is 7.26. The minimum absolute atomic E-state index is 0.359. The Hall–Kier alpha value is -2.73. The van der Waals surface area contributed by atoms with Gasteiger partial charge in [-0.25, -0.2) is 9.45 Å². The number of halogens is 1. The normalized spacial score (nSPS) is 26.3. The highest BCUT2D eigenvalue weighted by Crippen LogP contribution is 2.44. The summed E-state index contributed by atoms with van der Waals surface area (Å²) in [4.78, 5) is 29.9. The van der Waals surface area contributed by atoms with Crippen molar-refractivity contribution in [3.05, 3.63) is 66.0 Å². The third-order valence-corrected chi connectivity index (χ3v) is 4.18. The second-order valence-corrected chi connectivity index (χ2v) is 5.56. The number of nitrogens with zero attached hydrogens (tertiary/aromatic N) is 1. The molecule has 116 valence electrons. The molecule has 0 aromatic heterocycles. The second-order valence-electron chi connectivity index (χ2n) is 5.56. The molecule has 0 radical (unpaired) electrons. The average Bonchev–Trinajstić information content (AvgIpc) is 3.08. The zero-order valence-corrected chi connectivity index (χ0v) is 12.0. The Kier molecular flexibility index (Phi) is 3.12. The van der Waals surface area contributed by atoms with E-state index in [9.17, 15) is 14.0 Å². The van der Waals surface area contributed by atoms with Gasteiger partial charge < -0.3 is 0 Å². The van der Waals surface area contributed by atoms with Gasteiger partial charge in [-0.1, -0.05) is 30.3 Å². The molecule has 2 saturated heterocycles. The highest BCUT2D eigenvalue weighted by molar-refractivity contribution is 6.07. The van der Waals surface area contributed by atoms with Crippen LogP contribution in [0.1, 0.15) is 11.6 Å². The smallest absolute Gasteiger partial charge is 0.259 e. The number of amides is 2. The number of hydroxylamine groups is 1. The van der Waals surface area contributed by atoms with Crippen LogP contribution >= 0.6 is 0 Å². The van der Waals surface area contributed by atoms with Gasteiger partial charge in [0.15, 0.2) is 6.10 Å². The minimum Gasteiger partial charge on any atom is -0.294 e. The summed E-state index contributed by atoms with van der Waals surface area (Å²) in [5, 5.41) is 3.87. The van der Waals surface area contributed by atoms with Gasteiger partial charge in [-0.05, 0) is 29.8 Å². The molecular formula is C17H13FN2O3. The Morgan fingerprint density at radius 2 is 1.65 bits per heavy atom. The fourth-order valence-electron chi connectivity index (χ4n) is 3.13. The molecule has 2 aliphatic heterocycles. The van der Waals surface area contributed by atoms with E-state index in [1.54, 1.807) is 17.2 Å². The molecule has 0 spiro atoms. The molecule has 0 bridgehead atoms. The predicted octanol–water partition coefficient (Wildman–Crippen LogP) is 1.96. The standard InChI is InChI=1S/C17H13FN2O3/c18-11-8-6-10(7-9-11)14-13-15(17(22)19-16(13)21)23-20(14)12-4-2-1-3-5-12/h1-9,13-15H,(H,19,21,22)/t13-,14+,15-/m0/s1. The van der Waals surface area contributed by atoms with E-state index >= 15 is 0 Å². The van der Waals surface area contributed by atoms with E-state index in [4.69, 9.17) is 4.84 Å². The quantitative estimate of drug-likeness (QED) is 0.861. The molecule has 2 aromatic carbocycles. The fourth-order valence-corrected chi connectivity index (χ4v) is 3.13. The second kappa shape index (κ2) is 5.17. The number of nitrogens with one attached hydrogen (secondary N) is 1. The van der Waals surface area contributed by atoms with E-state index in [0.29, 0.717) is 5.56 Å². The van der Waals surface area contributed by atoms with Crippen LogP contribution in [0.4, 0.5) is 10.1 Å². The lowest BCUT2D eigenvalue weighted by molar-refractivity contribution is -0.129. The number of rotatable bonds is 2. The molecule has 1 N–H and O–H groups in total. The Labute approximate surface area is 131 Å². The number of carbonyl (C=O) groups excluding carboxylic acids is 2. The Balaban J connectivity index is 1.80. The SMILES string of the molecule is O=C1NC(=O)[C@H]2ON(c3ccccc3)[C@H](c3ccc(F)cc3)[C@H]12. The topological polar surface area (TPSA) is 58.6 Å². The summed E-state index contributed by atoms with van der Waals surface area (Å²) in [5.41, 5.74) is 1.45. The number of carbonyl (C=O) groups is 2. The van der Waals surface area contributed by atoms with Gasteiger partial charge in [0.05, 0.1) is 11.7 Å². The Morgan fingerprint density at radius 3 is 2.35 bits per heavy atom. The van der Waals surface area contributed by atoms with Crippen molar-refractivity contribution < 1.29 is 18.8 Å². The molecule has 0 unspecified atom stereocenters. The molecule has 5 nitrogen and oxygen atoms in total. The van der Waals surface area contributed by atoms with Gasteiger partial charge >= 0.3 is 0 Å². The minimum atomic E-state index is -0.863. The van der Waals surface area contributed by atoms with Crippen molar-refractivity contribution in [3.8, 4) is 0 Å². The first kappa shape index (κ1) is 13.9.